The van der Waals surface area contributed by atoms with Crippen molar-refractivity contribution in [1.29, 1.82) is 0 Å². The van der Waals surface area contributed by atoms with Gasteiger partial charge >= 0.3 is 0 Å². The van der Waals surface area contributed by atoms with Gasteiger partial charge in [-0.25, -0.2) is 9.97 Å². The number of aromatic nitrogens is 3. The second-order valence-corrected chi connectivity index (χ2v) is 4.50. The molecule has 0 saturated heterocycles. The van der Waals surface area contributed by atoms with E-state index in [2.05, 4.69) is 25.6 Å². The minimum absolute atomic E-state index is 0.784. The zero-order chi connectivity index (χ0) is 10.7. The van der Waals surface area contributed by atoms with Crippen LogP contribution in [0.5, 0.6) is 0 Å². The number of thiazole rings is 1. The molecule has 4 nitrogen and oxygen atoms in total. The topological polar surface area (TPSA) is 53.6 Å². The highest BCUT2D eigenvalue weighted by Crippen LogP contribution is 2.07. The number of hydrogen-bond acceptors (Lipinski definition) is 4. The van der Waals surface area contributed by atoms with E-state index in [9.17, 15) is 0 Å². The molecule has 0 bridgehead atoms. The van der Waals surface area contributed by atoms with Crippen LogP contribution in [0.3, 0.4) is 0 Å². The van der Waals surface area contributed by atoms with E-state index in [-0.39, 0.29) is 0 Å². The molecule has 2 aromatic rings. The quantitative estimate of drug-likeness (QED) is 0.829. The van der Waals surface area contributed by atoms with Crippen molar-refractivity contribution in [2.45, 2.75) is 26.9 Å². The number of aryl methyl sites for hydroxylation is 2. The molecule has 0 fully saturated rings. The van der Waals surface area contributed by atoms with Gasteiger partial charge in [-0.3, -0.25) is 0 Å². The zero-order valence-corrected chi connectivity index (χ0v) is 9.69. The molecule has 15 heavy (non-hydrogen) atoms. The van der Waals surface area contributed by atoms with Crippen LogP contribution in [0.4, 0.5) is 0 Å². The standard InChI is InChI=1S/C10H14N4S/c1-7-10(13-6-12-7)4-11-3-9-5-15-8(2)14-9/h5-6,11H,3-4H2,1-2H3,(H,12,13). The zero-order valence-electron chi connectivity index (χ0n) is 8.87. The summed E-state index contributed by atoms with van der Waals surface area (Å²) in [6.07, 6.45) is 1.72. The number of H-pyrrole nitrogens is 1. The van der Waals surface area contributed by atoms with Gasteiger partial charge in [0, 0.05) is 24.2 Å². The van der Waals surface area contributed by atoms with Gasteiger partial charge in [-0.2, -0.15) is 0 Å². The Kier molecular flexibility index (Phi) is 3.13. The second kappa shape index (κ2) is 4.55. The van der Waals surface area contributed by atoms with E-state index >= 15 is 0 Å². The molecule has 0 aliphatic carbocycles. The first kappa shape index (κ1) is 10.3. The summed E-state index contributed by atoms with van der Waals surface area (Å²) in [5.74, 6) is 0. The van der Waals surface area contributed by atoms with E-state index in [1.54, 1.807) is 17.7 Å². The average molecular weight is 222 g/mol. The lowest BCUT2D eigenvalue weighted by Gasteiger charge is -2.00. The van der Waals surface area contributed by atoms with Crippen molar-refractivity contribution in [3.63, 3.8) is 0 Å². The van der Waals surface area contributed by atoms with Crippen LogP contribution < -0.4 is 5.32 Å². The minimum atomic E-state index is 0.784. The SMILES string of the molecule is Cc1nc(CNCc2nc[nH]c2C)cs1. The van der Waals surface area contributed by atoms with Gasteiger partial charge in [-0.05, 0) is 13.8 Å². The van der Waals surface area contributed by atoms with Crippen molar-refractivity contribution in [3.05, 3.63) is 33.8 Å². The summed E-state index contributed by atoms with van der Waals surface area (Å²) in [7, 11) is 0. The Balaban J connectivity index is 1.83. The normalized spacial score (nSPS) is 10.8. The lowest BCUT2D eigenvalue weighted by molar-refractivity contribution is 0.669. The average Bonchev–Trinajstić information content (AvgIpc) is 2.77. The molecule has 0 atom stereocenters. The summed E-state index contributed by atoms with van der Waals surface area (Å²) in [4.78, 5) is 11.7. The number of aromatic amines is 1. The highest BCUT2D eigenvalue weighted by molar-refractivity contribution is 7.09. The Morgan fingerprint density at radius 1 is 1.40 bits per heavy atom. The van der Waals surface area contributed by atoms with Gasteiger partial charge in [0.2, 0.25) is 0 Å². The van der Waals surface area contributed by atoms with Crippen molar-refractivity contribution in [2.75, 3.05) is 0 Å². The Morgan fingerprint density at radius 2 is 2.27 bits per heavy atom. The van der Waals surface area contributed by atoms with Crippen LogP contribution >= 0.6 is 11.3 Å². The first-order valence-corrected chi connectivity index (χ1v) is 5.74. The molecular weight excluding hydrogens is 208 g/mol. The summed E-state index contributed by atoms with van der Waals surface area (Å²) in [6, 6.07) is 0. The molecule has 0 aromatic carbocycles. The van der Waals surface area contributed by atoms with Crippen LogP contribution in [0.2, 0.25) is 0 Å². The molecular formula is C10H14N4S. The number of rotatable bonds is 4. The predicted molar refractivity (Wildman–Crippen MR) is 60.7 cm³/mol. The Morgan fingerprint density at radius 3 is 2.87 bits per heavy atom. The van der Waals surface area contributed by atoms with Gasteiger partial charge < -0.3 is 10.3 Å². The van der Waals surface area contributed by atoms with Crippen molar-refractivity contribution in [1.82, 2.24) is 20.3 Å². The predicted octanol–water partition coefficient (Wildman–Crippen LogP) is 1.77. The van der Waals surface area contributed by atoms with Crippen LogP contribution in [-0.4, -0.2) is 15.0 Å². The molecule has 0 unspecified atom stereocenters. The Hall–Kier alpha value is -1.20. The lowest BCUT2D eigenvalue weighted by Crippen LogP contribution is -2.13. The van der Waals surface area contributed by atoms with E-state index in [0.29, 0.717) is 0 Å². The van der Waals surface area contributed by atoms with E-state index < -0.39 is 0 Å². The summed E-state index contributed by atoms with van der Waals surface area (Å²) >= 11 is 1.68. The van der Waals surface area contributed by atoms with Gasteiger partial charge in [0.1, 0.15) is 0 Å². The maximum Gasteiger partial charge on any atom is 0.0925 e. The van der Waals surface area contributed by atoms with Gasteiger partial charge in [-0.15, -0.1) is 11.3 Å². The Labute approximate surface area is 92.8 Å². The maximum absolute atomic E-state index is 4.38. The lowest BCUT2D eigenvalue weighted by atomic mass is 10.3. The van der Waals surface area contributed by atoms with Crippen LogP contribution in [0.25, 0.3) is 0 Å². The number of hydrogen-bond donors (Lipinski definition) is 2. The van der Waals surface area contributed by atoms with Crippen molar-refractivity contribution in [2.24, 2.45) is 0 Å². The molecule has 0 amide bonds. The first-order chi connectivity index (χ1) is 7.25. The molecule has 0 aliphatic heterocycles. The van der Waals surface area contributed by atoms with Crippen molar-refractivity contribution < 1.29 is 0 Å². The van der Waals surface area contributed by atoms with Crippen LogP contribution in [0.15, 0.2) is 11.7 Å². The van der Waals surface area contributed by atoms with Crippen LogP contribution in [0, 0.1) is 13.8 Å². The highest BCUT2D eigenvalue weighted by atomic mass is 32.1. The largest absolute Gasteiger partial charge is 0.348 e. The minimum Gasteiger partial charge on any atom is -0.348 e. The smallest absolute Gasteiger partial charge is 0.0925 e. The Bertz CT molecular complexity index is 432. The van der Waals surface area contributed by atoms with Gasteiger partial charge in [0.05, 0.1) is 22.7 Å². The molecule has 0 spiro atoms. The molecule has 0 saturated carbocycles. The number of imidazole rings is 1. The fourth-order valence-corrected chi connectivity index (χ4v) is 1.98. The monoisotopic (exact) mass is 222 g/mol. The number of nitrogens with one attached hydrogen (secondary N) is 2. The fourth-order valence-electron chi connectivity index (χ4n) is 1.36. The van der Waals surface area contributed by atoms with Crippen molar-refractivity contribution >= 4 is 11.3 Å². The molecule has 0 radical (unpaired) electrons. The molecule has 2 heterocycles. The third-order valence-electron chi connectivity index (χ3n) is 2.20. The van der Waals surface area contributed by atoms with Crippen LogP contribution in [0.1, 0.15) is 22.1 Å². The second-order valence-electron chi connectivity index (χ2n) is 3.44. The van der Waals surface area contributed by atoms with Gasteiger partial charge in [-0.1, -0.05) is 0 Å². The summed E-state index contributed by atoms with van der Waals surface area (Å²) in [6.45, 7) is 5.63. The molecule has 80 valence electrons. The summed E-state index contributed by atoms with van der Waals surface area (Å²) in [5, 5.41) is 6.52. The van der Waals surface area contributed by atoms with Crippen molar-refractivity contribution in [3.8, 4) is 0 Å². The third kappa shape index (κ3) is 2.64. The van der Waals surface area contributed by atoms with E-state index in [0.717, 1.165) is 35.2 Å². The van der Waals surface area contributed by atoms with E-state index in [1.165, 1.54) is 0 Å². The summed E-state index contributed by atoms with van der Waals surface area (Å²) in [5.41, 5.74) is 3.30. The van der Waals surface area contributed by atoms with E-state index in [4.69, 9.17) is 0 Å². The highest BCUT2D eigenvalue weighted by Gasteiger charge is 2.01. The third-order valence-corrected chi connectivity index (χ3v) is 3.02. The molecule has 2 rings (SSSR count). The fraction of sp³-hybridized carbons (Fsp3) is 0.400. The summed E-state index contributed by atoms with van der Waals surface area (Å²) < 4.78 is 0. The van der Waals surface area contributed by atoms with Gasteiger partial charge in [0.25, 0.3) is 0 Å². The molecule has 2 N–H and O–H groups in total. The molecule has 5 heteroatoms. The van der Waals surface area contributed by atoms with E-state index in [1.807, 2.05) is 13.8 Å². The first-order valence-electron chi connectivity index (χ1n) is 4.86. The van der Waals surface area contributed by atoms with Crippen LogP contribution in [-0.2, 0) is 13.1 Å². The number of nitrogens with zero attached hydrogens (tertiary/aromatic N) is 2. The molecule has 0 aliphatic rings. The van der Waals surface area contributed by atoms with Gasteiger partial charge in [0.15, 0.2) is 0 Å². The maximum atomic E-state index is 4.38. The molecule has 2 aromatic heterocycles.